The van der Waals surface area contributed by atoms with Crippen molar-refractivity contribution in [3.8, 4) is 0 Å². The highest BCUT2D eigenvalue weighted by atomic mass is 16.5. The Hall–Kier alpha value is -0.650. The van der Waals surface area contributed by atoms with Crippen molar-refractivity contribution in [3.05, 3.63) is 0 Å². The first-order chi connectivity index (χ1) is 8.71. The summed E-state index contributed by atoms with van der Waals surface area (Å²) in [5, 5.41) is 12.2. The van der Waals surface area contributed by atoms with Gasteiger partial charge in [0.2, 0.25) is 0 Å². The van der Waals surface area contributed by atoms with Crippen LogP contribution >= 0.6 is 0 Å². The number of carbonyl (C=O) groups excluding carboxylic acids is 1. The molecule has 0 radical (unpaired) electrons. The lowest BCUT2D eigenvalue weighted by Crippen LogP contribution is -2.51. The second-order valence-corrected chi connectivity index (χ2v) is 4.94. The molecule has 0 aromatic rings. The summed E-state index contributed by atoms with van der Waals surface area (Å²) in [6.07, 6.45) is 2.68. The molecule has 0 aromatic heterocycles. The topological polar surface area (TPSA) is 61.8 Å². The van der Waals surface area contributed by atoms with Crippen molar-refractivity contribution >= 4 is 5.97 Å². The van der Waals surface area contributed by atoms with E-state index in [1.54, 1.807) is 0 Å². The van der Waals surface area contributed by atoms with E-state index in [0.717, 1.165) is 45.4 Å². The molecule has 0 aliphatic carbocycles. The lowest BCUT2D eigenvalue weighted by molar-refractivity contribution is -0.147. The fraction of sp³-hybridized carbons (Fsp3) is 0.923. The zero-order valence-corrected chi connectivity index (χ0v) is 11.5. The molecule has 1 aliphatic heterocycles. The molecule has 0 aromatic carbocycles. The summed E-state index contributed by atoms with van der Waals surface area (Å²) in [6.45, 7) is 5.96. The van der Waals surface area contributed by atoms with Gasteiger partial charge < -0.3 is 20.1 Å². The van der Waals surface area contributed by atoms with Crippen molar-refractivity contribution in [2.45, 2.75) is 32.2 Å². The summed E-state index contributed by atoms with van der Waals surface area (Å²) in [5.41, 5.74) is 0. The van der Waals surface area contributed by atoms with Gasteiger partial charge in [-0.25, -0.2) is 0 Å². The highest BCUT2D eigenvalue weighted by molar-refractivity contribution is 5.72. The average molecular weight is 258 g/mol. The van der Waals surface area contributed by atoms with Gasteiger partial charge in [-0.3, -0.25) is 4.79 Å². The van der Waals surface area contributed by atoms with Crippen LogP contribution in [0.1, 0.15) is 26.2 Å². The monoisotopic (exact) mass is 258 g/mol. The van der Waals surface area contributed by atoms with E-state index in [2.05, 4.69) is 17.1 Å². The lowest BCUT2D eigenvalue weighted by Gasteiger charge is -2.37. The van der Waals surface area contributed by atoms with Crippen LogP contribution in [0, 0.1) is 5.92 Å². The number of esters is 1. The molecule has 1 rings (SSSR count). The maximum Gasteiger partial charge on any atom is 0.310 e. The molecule has 1 fully saturated rings. The second-order valence-electron chi connectivity index (χ2n) is 4.94. The molecule has 0 spiro atoms. The fourth-order valence-electron chi connectivity index (χ4n) is 2.56. The van der Waals surface area contributed by atoms with Gasteiger partial charge in [-0.1, -0.05) is 6.92 Å². The number of likely N-dealkylation sites (tertiary alicyclic amines) is 1. The molecule has 18 heavy (non-hydrogen) atoms. The summed E-state index contributed by atoms with van der Waals surface area (Å²) >= 11 is 0. The first-order valence-electron chi connectivity index (χ1n) is 6.85. The Morgan fingerprint density at radius 3 is 2.89 bits per heavy atom. The number of nitrogens with zero attached hydrogens (tertiary/aromatic N) is 1. The Morgan fingerprint density at radius 1 is 1.50 bits per heavy atom. The van der Waals surface area contributed by atoms with Crippen molar-refractivity contribution in [1.29, 1.82) is 0 Å². The van der Waals surface area contributed by atoms with Crippen LogP contribution in [-0.4, -0.2) is 61.9 Å². The smallest absolute Gasteiger partial charge is 0.310 e. The summed E-state index contributed by atoms with van der Waals surface area (Å²) in [4.78, 5) is 14.0. The van der Waals surface area contributed by atoms with Gasteiger partial charge in [0.15, 0.2) is 0 Å². The van der Waals surface area contributed by atoms with Crippen molar-refractivity contribution in [3.63, 3.8) is 0 Å². The first-order valence-corrected chi connectivity index (χ1v) is 6.85. The highest BCUT2D eigenvalue weighted by Crippen LogP contribution is 2.18. The maximum atomic E-state index is 11.7. The van der Waals surface area contributed by atoms with E-state index in [1.165, 1.54) is 7.11 Å². The number of hydrogen-bond acceptors (Lipinski definition) is 5. The molecular weight excluding hydrogens is 232 g/mol. The molecule has 5 heteroatoms. The molecule has 1 aliphatic rings. The number of piperidine rings is 1. The van der Waals surface area contributed by atoms with Gasteiger partial charge in [-0.15, -0.1) is 0 Å². The summed E-state index contributed by atoms with van der Waals surface area (Å²) in [5.74, 6) is -0.133. The van der Waals surface area contributed by atoms with Crippen LogP contribution in [0.3, 0.4) is 0 Å². The number of aliphatic hydroxyl groups excluding tert-OH is 1. The third kappa shape index (κ3) is 4.92. The van der Waals surface area contributed by atoms with Crippen LogP contribution in [-0.2, 0) is 9.53 Å². The SMILES string of the molecule is CCCN1CC(NCCCO)CC(C(=O)OC)C1. The van der Waals surface area contributed by atoms with Crippen LogP contribution in [0.4, 0.5) is 0 Å². The predicted octanol–water partition coefficient (Wildman–Crippen LogP) is 0.232. The quantitative estimate of drug-likeness (QED) is 0.506. The largest absolute Gasteiger partial charge is 0.469 e. The Balaban J connectivity index is 2.48. The molecule has 0 saturated carbocycles. The normalized spacial score (nSPS) is 25.1. The van der Waals surface area contributed by atoms with Gasteiger partial charge >= 0.3 is 5.97 Å². The van der Waals surface area contributed by atoms with E-state index in [-0.39, 0.29) is 18.5 Å². The van der Waals surface area contributed by atoms with E-state index in [9.17, 15) is 4.79 Å². The average Bonchev–Trinajstić information content (AvgIpc) is 2.38. The van der Waals surface area contributed by atoms with Crippen LogP contribution in [0.5, 0.6) is 0 Å². The van der Waals surface area contributed by atoms with Gasteiger partial charge in [-0.2, -0.15) is 0 Å². The molecule has 1 heterocycles. The number of hydrogen-bond donors (Lipinski definition) is 2. The molecule has 0 bridgehead atoms. The Labute approximate surface area is 109 Å². The fourth-order valence-corrected chi connectivity index (χ4v) is 2.56. The van der Waals surface area contributed by atoms with Crippen LogP contribution in [0.15, 0.2) is 0 Å². The lowest BCUT2D eigenvalue weighted by atomic mass is 9.94. The van der Waals surface area contributed by atoms with Gasteiger partial charge in [0.05, 0.1) is 13.0 Å². The number of methoxy groups -OCH3 is 1. The van der Waals surface area contributed by atoms with E-state index in [1.807, 2.05) is 0 Å². The number of nitrogens with one attached hydrogen (secondary N) is 1. The molecule has 0 amide bonds. The minimum absolute atomic E-state index is 0.0260. The Bertz CT molecular complexity index is 248. The van der Waals surface area contributed by atoms with Crippen molar-refractivity contribution < 1.29 is 14.6 Å². The molecule has 2 unspecified atom stereocenters. The second kappa shape index (κ2) is 8.45. The van der Waals surface area contributed by atoms with Gasteiger partial charge in [0, 0.05) is 25.7 Å². The standard InChI is InChI=1S/C13H26N2O3/c1-3-6-15-9-11(13(17)18-2)8-12(10-15)14-5-4-7-16/h11-12,14,16H,3-10H2,1-2H3. The number of ether oxygens (including phenoxy) is 1. The molecule has 106 valence electrons. The van der Waals surface area contributed by atoms with Crippen molar-refractivity contribution in [1.82, 2.24) is 10.2 Å². The van der Waals surface area contributed by atoms with Crippen molar-refractivity contribution in [2.24, 2.45) is 5.92 Å². The summed E-state index contributed by atoms with van der Waals surface area (Å²) in [7, 11) is 1.45. The van der Waals surface area contributed by atoms with E-state index in [4.69, 9.17) is 9.84 Å². The minimum atomic E-state index is -0.107. The number of rotatable bonds is 7. The van der Waals surface area contributed by atoms with Crippen LogP contribution < -0.4 is 5.32 Å². The van der Waals surface area contributed by atoms with E-state index in [0.29, 0.717) is 6.04 Å². The van der Waals surface area contributed by atoms with Crippen molar-refractivity contribution in [2.75, 3.05) is 39.9 Å². The van der Waals surface area contributed by atoms with E-state index < -0.39 is 0 Å². The molecular formula is C13H26N2O3. The first kappa shape index (κ1) is 15.4. The zero-order chi connectivity index (χ0) is 13.4. The molecule has 5 nitrogen and oxygen atoms in total. The van der Waals surface area contributed by atoms with Gasteiger partial charge in [0.1, 0.15) is 0 Å². The van der Waals surface area contributed by atoms with Gasteiger partial charge in [-0.05, 0) is 32.4 Å². The summed E-state index contributed by atoms with van der Waals surface area (Å²) in [6, 6.07) is 0.320. The molecule has 2 atom stereocenters. The minimum Gasteiger partial charge on any atom is -0.469 e. The third-order valence-corrected chi connectivity index (χ3v) is 3.37. The number of aliphatic hydroxyl groups is 1. The number of carbonyl (C=O) groups is 1. The van der Waals surface area contributed by atoms with Gasteiger partial charge in [0.25, 0.3) is 0 Å². The predicted molar refractivity (Wildman–Crippen MR) is 70.3 cm³/mol. The Kier molecular flexibility index (Phi) is 7.23. The van der Waals surface area contributed by atoms with Crippen LogP contribution in [0.25, 0.3) is 0 Å². The van der Waals surface area contributed by atoms with Crippen LogP contribution in [0.2, 0.25) is 0 Å². The van der Waals surface area contributed by atoms with E-state index >= 15 is 0 Å². The highest BCUT2D eigenvalue weighted by Gasteiger charge is 2.31. The summed E-state index contributed by atoms with van der Waals surface area (Å²) < 4.78 is 4.86. The molecule has 1 saturated heterocycles. The maximum absolute atomic E-state index is 11.7. The molecule has 2 N–H and O–H groups in total. The Morgan fingerprint density at radius 2 is 2.28 bits per heavy atom. The zero-order valence-electron chi connectivity index (χ0n) is 11.5. The third-order valence-electron chi connectivity index (χ3n) is 3.37.